The Morgan fingerprint density at radius 3 is 2.18 bits per heavy atom. The van der Waals surface area contributed by atoms with Crippen molar-refractivity contribution in [3.8, 4) is 0 Å². The van der Waals surface area contributed by atoms with Gasteiger partial charge in [-0.2, -0.15) is 0 Å². The summed E-state index contributed by atoms with van der Waals surface area (Å²) in [6, 6.07) is 5.06. The lowest BCUT2D eigenvalue weighted by molar-refractivity contribution is -0.144. The van der Waals surface area contributed by atoms with Gasteiger partial charge in [0.25, 0.3) is 0 Å². The van der Waals surface area contributed by atoms with Crippen molar-refractivity contribution >= 4 is 11.9 Å². The van der Waals surface area contributed by atoms with Gasteiger partial charge in [0.2, 0.25) is 0 Å². The van der Waals surface area contributed by atoms with Crippen LogP contribution >= 0.6 is 0 Å². The Morgan fingerprint density at radius 1 is 1.24 bits per heavy atom. The van der Waals surface area contributed by atoms with Gasteiger partial charge in [0.1, 0.15) is 5.82 Å². The van der Waals surface area contributed by atoms with Crippen LogP contribution in [0.2, 0.25) is 0 Å². The Bertz CT molecular complexity index is 427. The molecule has 5 heteroatoms. The largest absolute Gasteiger partial charge is 0.481 e. The summed E-state index contributed by atoms with van der Waals surface area (Å²) in [6.45, 7) is 1.44. The van der Waals surface area contributed by atoms with Crippen molar-refractivity contribution in [2.24, 2.45) is 0 Å². The van der Waals surface area contributed by atoms with Gasteiger partial charge in [-0.05, 0) is 31.0 Å². The van der Waals surface area contributed by atoms with Gasteiger partial charge in [0.15, 0.2) is 0 Å². The molecule has 1 atom stereocenters. The molecule has 0 radical (unpaired) electrons. The molecule has 92 valence electrons. The highest BCUT2D eigenvalue weighted by atomic mass is 19.1. The van der Waals surface area contributed by atoms with E-state index in [1.807, 2.05) is 0 Å². The van der Waals surface area contributed by atoms with Crippen molar-refractivity contribution in [3.05, 3.63) is 35.6 Å². The highest BCUT2D eigenvalue weighted by Crippen LogP contribution is 2.29. The highest BCUT2D eigenvalue weighted by Gasteiger charge is 2.35. The van der Waals surface area contributed by atoms with Crippen LogP contribution in [0.15, 0.2) is 24.3 Å². The molecule has 0 heterocycles. The van der Waals surface area contributed by atoms with E-state index in [1.54, 1.807) is 0 Å². The Balaban J connectivity index is 3.02. The van der Waals surface area contributed by atoms with Crippen molar-refractivity contribution in [2.75, 3.05) is 0 Å². The molecule has 0 aliphatic carbocycles. The maximum atomic E-state index is 12.7. The van der Waals surface area contributed by atoms with E-state index in [2.05, 4.69) is 0 Å². The van der Waals surface area contributed by atoms with Crippen molar-refractivity contribution in [2.45, 2.75) is 25.2 Å². The van der Waals surface area contributed by atoms with Gasteiger partial charge in [0.05, 0.1) is 5.41 Å². The lowest BCUT2D eigenvalue weighted by Gasteiger charge is -2.24. The Kier molecular flexibility index (Phi) is 3.83. The van der Waals surface area contributed by atoms with Gasteiger partial charge < -0.3 is 10.2 Å². The number of hydrogen-bond donors (Lipinski definition) is 2. The third kappa shape index (κ3) is 3.03. The minimum absolute atomic E-state index is 0.0384. The summed E-state index contributed by atoms with van der Waals surface area (Å²) in [5, 5.41) is 17.8. The Morgan fingerprint density at radius 2 is 1.76 bits per heavy atom. The summed E-state index contributed by atoms with van der Waals surface area (Å²) in [5.74, 6) is -2.63. The summed E-state index contributed by atoms with van der Waals surface area (Å²) in [7, 11) is 0. The van der Waals surface area contributed by atoms with Crippen LogP contribution < -0.4 is 0 Å². The maximum absolute atomic E-state index is 12.7. The summed E-state index contributed by atoms with van der Waals surface area (Å²) in [4.78, 5) is 21.7. The van der Waals surface area contributed by atoms with Crippen LogP contribution in [0.25, 0.3) is 0 Å². The van der Waals surface area contributed by atoms with E-state index in [-0.39, 0.29) is 12.8 Å². The van der Waals surface area contributed by atoms with Crippen LogP contribution in [-0.4, -0.2) is 22.2 Å². The van der Waals surface area contributed by atoms with E-state index >= 15 is 0 Å². The average Bonchev–Trinajstić information content (AvgIpc) is 2.26. The predicted octanol–water partition coefficient (Wildman–Crippen LogP) is 2.03. The minimum Gasteiger partial charge on any atom is -0.481 e. The first kappa shape index (κ1) is 13.2. The normalized spacial score (nSPS) is 14.0. The van der Waals surface area contributed by atoms with Crippen LogP contribution in [0.5, 0.6) is 0 Å². The van der Waals surface area contributed by atoms with Gasteiger partial charge in [0, 0.05) is 6.42 Å². The minimum atomic E-state index is -1.31. The van der Waals surface area contributed by atoms with Crippen molar-refractivity contribution in [1.29, 1.82) is 0 Å². The van der Waals surface area contributed by atoms with Gasteiger partial charge in [-0.15, -0.1) is 0 Å². The fourth-order valence-electron chi connectivity index (χ4n) is 1.55. The molecule has 0 spiro atoms. The topological polar surface area (TPSA) is 74.6 Å². The molecule has 0 aromatic heterocycles. The second-order valence-corrected chi connectivity index (χ2v) is 4.04. The molecule has 0 bridgehead atoms. The van der Waals surface area contributed by atoms with E-state index in [0.717, 1.165) is 12.1 Å². The molecule has 17 heavy (non-hydrogen) atoms. The fraction of sp³-hybridized carbons (Fsp3) is 0.333. The smallest absolute Gasteiger partial charge is 0.313 e. The lowest BCUT2D eigenvalue weighted by Crippen LogP contribution is -2.33. The number of hydrogen-bond acceptors (Lipinski definition) is 2. The van der Waals surface area contributed by atoms with Crippen molar-refractivity contribution < 1.29 is 24.2 Å². The second-order valence-electron chi connectivity index (χ2n) is 4.04. The first-order chi connectivity index (χ1) is 7.86. The first-order valence-electron chi connectivity index (χ1n) is 5.07. The molecule has 1 aromatic rings. The highest BCUT2D eigenvalue weighted by molar-refractivity contribution is 5.81. The predicted molar refractivity (Wildman–Crippen MR) is 58.3 cm³/mol. The van der Waals surface area contributed by atoms with Crippen molar-refractivity contribution in [1.82, 2.24) is 0 Å². The number of carbonyl (C=O) groups is 2. The van der Waals surface area contributed by atoms with E-state index < -0.39 is 23.2 Å². The number of benzene rings is 1. The van der Waals surface area contributed by atoms with E-state index in [9.17, 15) is 19.1 Å². The molecule has 1 unspecified atom stereocenters. The molecular formula is C12H13FO4. The standard InChI is InChI=1S/C12H13FO4/c1-12(11(16)17,7-6-10(14)15)8-2-4-9(13)5-3-8/h2-5H,6-7H2,1H3,(H,14,15)(H,16,17). The molecule has 0 aliphatic rings. The maximum Gasteiger partial charge on any atom is 0.313 e. The fourth-order valence-corrected chi connectivity index (χ4v) is 1.55. The van der Waals surface area contributed by atoms with Gasteiger partial charge in [-0.1, -0.05) is 12.1 Å². The third-order valence-corrected chi connectivity index (χ3v) is 2.79. The van der Waals surface area contributed by atoms with Gasteiger partial charge in [-0.3, -0.25) is 9.59 Å². The van der Waals surface area contributed by atoms with Crippen LogP contribution in [-0.2, 0) is 15.0 Å². The zero-order valence-corrected chi connectivity index (χ0v) is 9.31. The number of rotatable bonds is 5. The van der Waals surface area contributed by atoms with Gasteiger partial charge >= 0.3 is 11.9 Å². The molecule has 0 saturated heterocycles. The Labute approximate surface area is 97.7 Å². The van der Waals surface area contributed by atoms with Gasteiger partial charge in [-0.25, -0.2) is 4.39 Å². The van der Waals surface area contributed by atoms with Crippen LogP contribution in [0.1, 0.15) is 25.3 Å². The molecule has 2 N–H and O–H groups in total. The molecular weight excluding hydrogens is 227 g/mol. The summed E-state index contributed by atoms with van der Waals surface area (Å²) >= 11 is 0. The summed E-state index contributed by atoms with van der Waals surface area (Å²) < 4.78 is 12.7. The van der Waals surface area contributed by atoms with Crippen LogP contribution in [0.3, 0.4) is 0 Å². The molecule has 0 saturated carbocycles. The number of carboxylic acid groups (broad SMARTS) is 2. The molecule has 4 nitrogen and oxygen atoms in total. The van der Waals surface area contributed by atoms with E-state index in [0.29, 0.717) is 5.56 Å². The van der Waals surface area contributed by atoms with Crippen molar-refractivity contribution in [3.63, 3.8) is 0 Å². The molecule has 1 rings (SSSR count). The number of aliphatic carboxylic acids is 2. The first-order valence-corrected chi connectivity index (χ1v) is 5.07. The Hall–Kier alpha value is -1.91. The van der Waals surface area contributed by atoms with Crippen LogP contribution in [0, 0.1) is 5.82 Å². The quantitative estimate of drug-likeness (QED) is 0.825. The molecule has 0 amide bonds. The summed E-state index contributed by atoms with van der Waals surface area (Å²) in [6.07, 6.45) is -0.288. The van der Waals surface area contributed by atoms with E-state index in [1.165, 1.54) is 19.1 Å². The zero-order valence-electron chi connectivity index (χ0n) is 9.31. The second kappa shape index (κ2) is 4.95. The summed E-state index contributed by atoms with van der Waals surface area (Å²) in [5.41, 5.74) is -0.917. The van der Waals surface area contributed by atoms with E-state index in [4.69, 9.17) is 5.11 Å². The molecule has 0 aliphatic heterocycles. The lowest BCUT2D eigenvalue weighted by atomic mass is 9.78. The number of carboxylic acids is 2. The molecule has 1 aromatic carbocycles. The zero-order chi connectivity index (χ0) is 13.1. The van der Waals surface area contributed by atoms with Crippen LogP contribution in [0.4, 0.5) is 4.39 Å². The SMILES string of the molecule is CC(CCC(=O)O)(C(=O)O)c1ccc(F)cc1. The third-order valence-electron chi connectivity index (χ3n) is 2.79. The average molecular weight is 240 g/mol. The number of halogens is 1. The monoisotopic (exact) mass is 240 g/mol. The molecule has 0 fully saturated rings.